The second-order valence-corrected chi connectivity index (χ2v) is 10.9. The molecule has 42 heavy (non-hydrogen) atoms. The fourth-order valence-corrected chi connectivity index (χ4v) is 5.00. The number of hydrogen-bond acceptors (Lipinski definition) is 8. The highest BCUT2D eigenvalue weighted by Crippen LogP contribution is 2.34. The van der Waals surface area contributed by atoms with Gasteiger partial charge in [-0.05, 0) is 63.8 Å². The monoisotopic (exact) mass is 581 g/mol. The minimum absolute atomic E-state index is 0.00824. The number of carbonyl (C=O) groups is 1. The van der Waals surface area contributed by atoms with Crippen LogP contribution in [0.15, 0.2) is 42.9 Å². The first-order valence-corrected chi connectivity index (χ1v) is 13.5. The van der Waals surface area contributed by atoms with Crippen LogP contribution in [0, 0.1) is 11.3 Å². The number of fused-ring (bicyclic) bond motifs is 1. The van der Waals surface area contributed by atoms with Crippen molar-refractivity contribution in [2.24, 2.45) is 0 Å². The molecule has 14 heteroatoms. The lowest BCUT2D eigenvalue weighted by molar-refractivity contribution is -0.00178. The molecule has 11 nitrogen and oxygen atoms in total. The highest BCUT2D eigenvalue weighted by Gasteiger charge is 2.29. The summed E-state index contributed by atoms with van der Waals surface area (Å²) in [6, 6.07) is 9.06. The Kier molecular flexibility index (Phi) is 8.13. The molecule has 0 aromatic carbocycles. The molecule has 0 unspecified atom stereocenters. The molecule has 1 amide bonds. The van der Waals surface area contributed by atoms with E-state index in [9.17, 15) is 28.3 Å². The van der Waals surface area contributed by atoms with Crippen LogP contribution in [0.3, 0.4) is 0 Å². The molecule has 4 aromatic rings. The van der Waals surface area contributed by atoms with Crippen molar-refractivity contribution in [2.75, 3.05) is 11.9 Å². The van der Waals surface area contributed by atoms with Crippen molar-refractivity contribution in [2.45, 2.75) is 69.8 Å². The summed E-state index contributed by atoms with van der Waals surface area (Å²) in [6.07, 6.45) is 5.29. The van der Waals surface area contributed by atoms with Crippen molar-refractivity contribution < 1.29 is 23.1 Å². The van der Waals surface area contributed by atoms with E-state index in [2.05, 4.69) is 37.0 Å². The molecule has 3 N–H and O–H groups in total. The fourth-order valence-electron chi connectivity index (χ4n) is 5.00. The summed E-state index contributed by atoms with van der Waals surface area (Å²) < 4.78 is 41.8. The summed E-state index contributed by atoms with van der Waals surface area (Å²) in [6.45, 7) is -0.526. The number of amides is 1. The molecule has 0 aliphatic heterocycles. The van der Waals surface area contributed by atoms with Crippen LogP contribution >= 0.6 is 0 Å². The highest BCUT2D eigenvalue weighted by molar-refractivity contribution is 6.00. The van der Waals surface area contributed by atoms with Gasteiger partial charge < -0.3 is 15.7 Å². The lowest BCUT2D eigenvalue weighted by Gasteiger charge is -2.29. The highest BCUT2D eigenvalue weighted by atomic mass is 19.3. The number of alkyl halides is 3. The molecular formula is C28H30F3N9O2. The normalized spacial score (nSPS) is 18.1. The van der Waals surface area contributed by atoms with Crippen molar-refractivity contribution in [3.05, 3.63) is 59.7 Å². The van der Waals surface area contributed by atoms with E-state index in [1.54, 1.807) is 16.6 Å². The maximum absolute atomic E-state index is 14.4. The van der Waals surface area contributed by atoms with Crippen LogP contribution in [-0.2, 0) is 0 Å². The van der Waals surface area contributed by atoms with E-state index in [0.29, 0.717) is 64.3 Å². The third-order valence-corrected chi connectivity index (χ3v) is 7.45. The number of pyridine rings is 1. The van der Waals surface area contributed by atoms with Crippen molar-refractivity contribution in [1.82, 2.24) is 34.9 Å². The van der Waals surface area contributed by atoms with E-state index in [1.807, 2.05) is 12.1 Å². The van der Waals surface area contributed by atoms with Gasteiger partial charge in [0, 0.05) is 18.2 Å². The van der Waals surface area contributed by atoms with E-state index < -0.39 is 24.2 Å². The predicted molar refractivity (Wildman–Crippen MR) is 147 cm³/mol. The summed E-state index contributed by atoms with van der Waals surface area (Å²) in [4.78, 5) is 18.0. The van der Waals surface area contributed by atoms with Crippen LogP contribution in [0.1, 0.15) is 73.6 Å². The molecule has 1 atom stereocenters. The minimum atomic E-state index is -2.79. The molecule has 1 aliphatic carbocycles. The van der Waals surface area contributed by atoms with Gasteiger partial charge in [-0.2, -0.15) is 29.3 Å². The van der Waals surface area contributed by atoms with Crippen LogP contribution in [0.4, 0.5) is 18.9 Å². The summed E-state index contributed by atoms with van der Waals surface area (Å²) >= 11 is 0. The van der Waals surface area contributed by atoms with E-state index >= 15 is 0 Å². The first-order valence-electron chi connectivity index (χ1n) is 13.5. The zero-order valence-corrected chi connectivity index (χ0v) is 23.0. The molecule has 1 fully saturated rings. The van der Waals surface area contributed by atoms with Crippen molar-refractivity contribution in [3.8, 4) is 17.5 Å². The first-order chi connectivity index (χ1) is 20.0. The van der Waals surface area contributed by atoms with Gasteiger partial charge in [0.15, 0.2) is 0 Å². The Bertz CT molecular complexity index is 1610. The minimum Gasteiger partial charge on any atom is -0.387 e. The molecule has 220 valence electrons. The third kappa shape index (κ3) is 6.20. The molecular weight excluding hydrogens is 551 g/mol. The quantitative estimate of drug-likeness (QED) is 0.266. The number of aliphatic hydroxyl groups is 1. The number of carbonyl (C=O) groups excluding carboxylic acids is 1. The Morgan fingerprint density at radius 2 is 1.90 bits per heavy atom. The Labute approximate surface area is 239 Å². The van der Waals surface area contributed by atoms with Gasteiger partial charge in [0.2, 0.25) is 0 Å². The van der Waals surface area contributed by atoms with Crippen LogP contribution in [0.5, 0.6) is 0 Å². The number of nitrogens with zero attached hydrogens (tertiary/aromatic N) is 7. The van der Waals surface area contributed by atoms with Crippen molar-refractivity contribution >= 4 is 17.1 Å². The zero-order chi connectivity index (χ0) is 30.0. The fraction of sp³-hybridized carbons (Fsp3) is 0.429. The molecule has 4 heterocycles. The zero-order valence-electron chi connectivity index (χ0n) is 23.0. The summed E-state index contributed by atoms with van der Waals surface area (Å²) in [5, 5.41) is 37.0. The molecule has 4 aromatic heterocycles. The van der Waals surface area contributed by atoms with Gasteiger partial charge in [-0.3, -0.25) is 9.78 Å². The third-order valence-electron chi connectivity index (χ3n) is 7.45. The van der Waals surface area contributed by atoms with E-state index in [0.717, 1.165) is 0 Å². The van der Waals surface area contributed by atoms with Crippen LogP contribution in [0.2, 0.25) is 0 Å². The lowest BCUT2D eigenvalue weighted by atomic mass is 9.84. The maximum atomic E-state index is 14.4. The van der Waals surface area contributed by atoms with Gasteiger partial charge in [-0.25, -0.2) is 8.91 Å². The summed E-state index contributed by atoms with van der Waals surface area (Å²) in [5.74, 6) is -0.566. The molecule has 0 saturated heterocycles. The van der Waals surface area contributed by atoms with Gasteiger partial charge in [0.25, 0.3) is 5.91 Å². The average molecular weight is 582 g/mol. The number of halogens is 3. The number of aromatic nitrogens is 6. The first kappa shape index (κ1) is 29.0. The van der Waals surface area contributed by atoms with Gasteiger partial charge in [-0.15, -0.1) is 4.80 Å². The van der Waals surface area contributed by atoms with Crippen LogP contribution in [-0.4, -0.2) is 65.0 Å². The lowest BCUT2D eigenvalue weighted by Crippen LogP contribution is -2.42. The molecule has 0 radical (unpaired) electrons. The van der Waals surface area contributed by atoms with E-state index in [1.165, 1.54) is 32.4 Å². The van der Waals surface area contributed by atoms with Crippen molar-refractivity contribution in [3.63, 3.8) is 0 Å². The Morgan fingerprint density at radius 3 is 2.57 bits per heavy atom. The Balaban J connectivity index is 1.38. The summed E-state index contributed by atoms with van der Waals surface area (Å²) in [5.41, 5.74) is 1.86. The molecule has 1 saturated carbocycles. The molecule has 0 spiro atoms. The topological polar surface area (TPSA) is 146 Å². The predicted octanol–water partition coefficient (Wildman–Crippen LogP) is 4.23. The van der Waals surface area contributed by atoms with E-state index in [-0.39, 0.29) is 24.1 Å². The SMILES string of the molecule is CC(C)(O)[C@H](F)CNC(=O)c1cnc(-c2ccc3cc(C#N)cnn23)cc1N[C@H]1CC[C@H](c2cnn(C(F)F)n2)CC1. The smallest absolute Gasteiger partial charge is 0.348 e. The summed E-state index contributed by atoms with van der Waals surface area (Å²) in [7, 11) is 0. The van der Waals surface area contributed by atoms with Gasteiger partial charge in [0.05, 0.1) is 64.0 Å². The maximum Gasteiger partial charge on any atom is 0.348 e. The number of hydrogen-bond donors (Lipinski definition) is 3. The largest absolute Gasteiger partial charge is 0.387 e. The van der Waals surface area contributed by atoms with Crippen LogP contribution < -0.4 is 10.6 Å². The Morgan fingerprint density at radius 1 is 1.14 bits per heavy atom. The molecule has 5 rings (SSSR count). The standard InChI is InChI=1S/C28H30F3N9O2/c1-28(2,42)25(29)15-34-26(41)20-13-33-22(24-8-7-19-9-16(11-32)12-35-39(19)24)10-21(20)37-18-5-3-17(4-6-18)23-14-36-40(38-23)27(30)31/h7-10,12-14,17-18,25,27,42H,3-6,15H2,1-2H3,(H,33,37)(H,34,41)/t17-,18-,25-/m1/s1. The van der Waals surface area contributed by atoms with Gasteiger partial charge in [0.1, 0.15) is 12.2 Å². The number of anilines is 1. The van der Waals surface area contributed by atoms with Gasteiger partial charge in [-0.1, -0.05) is 0 Å². The van der Waals surface area contributed by atoms with Crippen LogP contribution in [0.25, 0.3) is 16.9 Å². The molecule has 1 aliphatic rings. The number of nitrogens with one attached hydrogen (secondary N) is 2. The molecule has 0 bridgehead atoms. The Hall–Kier alpha value is -4.51. The second-order valence-electron chi connectivity index (χ2n) is 10.9. The second kappa shape index (κ2) is 11.8. The average Bonchev–Trinajstić information content (AvgIpc) is 3.63. The van der Waals surface area contributed by atoms with Gasteiger partial charge >= 0.3 is 6.55 Å². The van der Waals surface area contributed by atoms with E-state index in [4.69, 9.17) is 0 Å². The van der Waals surface area contributed by atoms with Crippen molar-refractivity contribution in [1.29, 1.82) is 5.26 Å². The number of rotatable bonds is 9. The number of nitriles is 1.